The molecule has 0 unspecified atom stereocenters. The number of benzene rings is 1. The van der Waals surface area contributed by atoms with Gasteiger partial charge in [-0.25, -0.2) is 27.2 Å². The lowest BCUT2D eigenvalue weighted by Crippen LogP contribution is -2.20. The Bertz CT molecular complexity index is 1360. The summed E-state index contributed by atoms with van der Waals surface area (Å²) in [6, 6.07) is 9.84. The lowest BCUT2D eigenvalue weighted by atomic mass is 10.1. The van der Waals surface area contributed by atoms with E-state index >= 15 is 0 Å². The molecule has 4 aromatic rings. The normalized spacial score (nSPS) is 11.7. The molecule has 0 bridgehead atoms. The average Bonchev–Trinajstić information content (AvgIpc) is 3.24. The van der Waals surface area contributed by atoms with Gasteiger partial charge in [-0.3, -0.25) is 9.48 Å². The molecule has 0 radical (unpaired) electrons. The molecule has 3 aromatic heterocycles. The fourth-order valence-electron chi connectivity index (χ4n) is 3.89. The number of hydrogen-bond acceptors (Lipinski definition) is 4. The van der Waals surface area contributed by atoms with Crippen molar-refractivity contribution in [1.82, 2.24) is 24.5 Å². The number of amides is 1. The van der Waals surface area contributed by atoms with Crippen LogP contribution in [-0.4, -0.2) is 30.5 Å². The number of aromatic nitrogens is 5. The minimum atomic E-state index is -3.04. The minimum Gasteiger partial charge on any atom is -0.324 e. The third-order valence-electron chi connectivity index (χ3n) is 5.33. The Morgan fingerprint density at radius 3 is 2.41 bits per heavy atom. The van der Waals surface area contributed by atoms with Gasteiger partial charge in [0.1, 0.15) is 12.2 Å². The summed E-state index contributed by atoms with van der Waals surface area (Å²) in [6.45, 7) is 5.46. The van der Waals surface area contributed by atoms with Crippen LogP contribution in [0.25, 0.3) is 11.0 Å². The number of hydrogen-bond donors (Lipinski definition) is 1. The molecule has 0 atom stereocenters. The smallest absolute Gasteiger partial charge is 0.280 e. The van der Waals surface area contributed by atoms with Gasteiger partial charge in [0.05, 0.1) is 23.3 Å². The molecule has 4 rings (SSSR count). The van der Waals surface area contributed by atoms with Gasteiger partial charge in [-0.05, 0) is 50.6 Å². The number of nitrogens with zero attached hydrogens (tertiary/aromatic N) is 5. The summed E-state index contributed by atoms with van der Waals surface area (Å²) < 4.78 is 56.4. The average molecular weight is 474 g/mol. The van der Waals surface area contributed by atoms with Crippen LogP contribution in [0, 0.1) is 20.8 Å². The van der Waals surface area contributed by atoms with Crippen LogP contribution in [0.1, 0.15) is 46.8 Å². The Morgan fingerprint density at radius 2 is 1.76 bits per heavy atom. The largest absolute Gasteiger partial charge is 0.324 e. The van der Waals surface area contributed by atoms with Crippen molar-refractivity contribution in [2.45, 2.75) is 46.7 Å². The third-order valence-corrected chi connectivity index (χ3v) is 5.33. The maximum atomic E-state index is 13.5. The number of nitrogens with one attached hydrogen (secondary N) is 1. The van der Waals surface area contributed by atoms with E-state index < -0.39 is 30.0 Å². The predicted molar refractivity (Wildman–Crippen MR) is 118 cm³/mol. The van der Waals surface area contributed by atoms with Crippen molar-refractivity contribution in [2.75, 3.05) is 5.32 Å². The fourth-order valence-corrected chi connectivity index (χ4v) is 3.89. The molecule has 7 nitrogen and oxygen atoms in total. The summed E-state index contributed by atoms with van der Waals surface area (Å²) >= 11 is 0. The van der Waals surface area contributed by atoms with Crippen LogP contribution >= 0.6 is 0 Å². The number of alkyl halides is 4. The molecule has 0 aliphatic carbocycles. The molecule has 1 aromatic carbocycles. The van der Waals surface area contributed by atoms with Crippen molar-refractivity contribution in [3.05, 3.63) is 70.3 Å². The molecule has 0 saturated heterocycles. The van der Waals surface area contributed by atoms with E-state index in [9.17, 15) is 22.4 Å². The van der Waals surface area contributed by atoms with Crippen LogP contribution in [0.5, 0.6) is 0 Å². The first-order chi connectivity index (χ1) is 16.1. The maximum Gasteiger partial charge on any atom is 0.280 e. The quantitative estimate of drug-likeness (QED) is 0.378. The first-order valence-corrected chi connectivity index (χ1v) is 10.5. The molecule has 178 valence electrons. The van der Waals surface area contributed by atoms with Crippen molar-refractivity contribution in [3.63, 3.8) is 0 Å². The van der Waals surface area contributed by atoms with E-state index in [0.717, 1.165) is 21.6 Å². The van der Waals surface area contributed by atoms with Crippen molar-refractivity contribution >= 4 is 22.6 Å². The number of halogens is 4. The molecule has 11 heteroatoms. The standard InChI is InChI=1S/C23H22F4N6O/c1-12-7-13(2)32(30-12)10-15-5-4-6-16(8-15)28-19(34)11-33-23-20(14(3)31-33)17(21(24)25)9-18(29-23)22(26)27/h4-9,21-22H,10-11H2,1-3H3,(H,28,34). The summed E-state index contributed by atoms with van der Waals surface area (Å²) in [7, 11) is 0. The molecule has 34 heavy (non-hydrogen) atoms. The summed E-state index contributed by atoms with van der Waals surface area (Å²) in [5.74, 6) is -0.504. The van der Waals surface area contributed by atoms with Crippen LogP contribution in [0.2, 0.25) is 0 Å². The zero-order valence-corrected chi connectivity index (χ0v) is 18.7. The Kier molecular flexibility index (Phi) is 6.36. The summed E-state index contributed by atoms with van der Waals surface area (Å²) in [5.41, 5.74) is 1.97. The van der Waals surface area contributed by atoms with Crippen molar-refractivity contribution in [3.8, 4) is 0 Å². The number of carbonyl (C=O) groups excluding carboxylic acids is 1. The van der Waals surface area contributed by atoms with Gasteiger partial charge < -0.3 is 5.32 Å². The van der Waals surface area contributed by atoms with Crippen LogP contribution in [-0.2, 0) is 17.9 Å². The van der Waals surface area contributed by atoms with Gasteiger partial charge in [-0.1, -0.05) is 12.1 Å². The number of rotatable bonds is 7. The van der Waals surface area contributed by atoms with Crippen LogP contribution in [0.15, 0.2) is 36.4 Å². The van der Waals surface area contributed by atoms with Crippen molar-refractivity contribution in [1.29, 1.82) is 0 Å². The van der Waals surface area contributed by atoms with Gasteiger partial charge in [-0.15, -0.1) is 0 Å². The van der Waals surface area contributed by atoms with E-state index in [1.54, 1.807) is 18.2 Å². The first-order valence-electron chi connectivity index (χ1n) is 10.5. The second-order valence-electron chi connectivity index (χ2n) is 8.01. The van der Waals surface area contributed by atoms with E-state index in [1.165, 1.54) is 6.92 Å². The lowest BCUT2D eigenvalue weighted by molar-refractivity contribution is -0.116. The van der Waals surface area contributed by atoms with Gasteiger partial charge >= 0.3 is 0 Å². The highest BCUT2D eigenvalue weighted by Crippen LogP contribution is 2.32. The number of fused-ring (bicyclic) bond motifs is 1. The number of aryl methyl sites for hydroxylation is 3. The van der Waals surface area contributed by atoms with Crippen LogP contribution in [0.3, 0.4) is 0 Å². The Labute approximate surface area is 192 Å². The van der Waals surface area contributed by atoms with E-state index in [2.05, 4.69) is 20.5 Å². The highest BCUT2D eigenvalue weighted by atomic mass is 19.3. The topological polar surface area (TPSA) is 77.6 Å². The first kappa shape index (κ1) is 23.4. The second kappa shape index (κ2) is 9.24. The zero-order valence-electron chi connectivity index (χ0n) is 18.7. The maximum absolute atomic E-state index is 13.5. The molecule has 0 spiro atoms. The summed E-state index contributed by atoms with van der Waals surface area (Å²) in [6.07, 6.45) is -6.03. The number of carbonyl (C=O) groups is 1. The van der Waals surface area contributed by atoms with Crippen LogP contribution in [0.4, 0.5) is 23.2 Å². The minimum absolute atomic E-state index is 0.0286. The van der Waals surface area contributed by atoms with E-state index in [1.807, 2.05) is 30.7 Å². The Balaban J connectivity index is 1.56. The SMILES string of the molecule is Cc1cc(C)n(Cc2cccc(NC(=O)Cn3nc(C)c4c(C(F)F)cc(C(F)F)nc43)c2)n1. The molecule has 0 aliphatic heterocycles. The van der Waals surface area contributed by atoms with Crippen molar-refractivity contribution in [2.24, 2.45) is 0 Å². The van der Waals surface area contributed by atoms with Gasteiger partial charge in [0.15, 0.2) is 5.65 Å². The molecule has 0 fully saturated rings. The molecular formula is C23H22F4N6O. The highest BCUT2D eigenvalue weighted by molar-refractivity contribution is 5.92. The molecular weight excluding hydrogens is 452 g/mol. The Morgan fingerprint density at radius 1 is 1.00 bits per heavy atom. The monoisotopic (exact) mass is 474 g/mol. The molecule has 1 N–H and O–H groups in total. The lowest BCUT2D eigenvalue weighted by Gasteiger charge is -2.10. The second-order valence-corrected chi connectivity index (χ2v) is 8.01. The van der Waals surface area contributed by atoms with Crippen molar-refractivity contribution < 1.29 is 22.4 Å². The van der Waals surface area contributed by atoms with E-state index in [0.29, 0.717) is 18.3 Å². The zero-order chi connectivity index (χ0) is 24.6. The fraction of sp³-hybridized carbons (Fsp3) is 0.304. The van der Waals surface area contributed by atoms with Gasteiger partial charge in [0.2, 0.25) is 5.91 Å². The Hall–Kier alpha value is -3.76. The van der Waals surface area contributed by atoms with Gasteiger partial charge in [0, 0.05) is 16.9 Å². The predicted octanol–water partition coefficient (Wildman–Crippen LogP) is 5.12. The van der Waals surface area contributed by atoms with Gasteiger partial charge in [0.25, 0.3) is 12.9 Å². The third kappa shape index (κ3) is 4.78. The van der Waals surface area contributed by atoms with Crippen LogP contribution < -0.4 is 5.32 Å². The van der Waals surface area contributed by atoms with E-state index in [-0.39, 0.29) is 23.3 Å². The molecule has 1 amide bonds. The summed E-state index contributed by atoms with van der Waals surface area (Å²) in [5, 5.41) is 11.2. The summed E-state index contributed by atoms with van der Waals surface area (Å²) in [4.78, 5) is 16.5. The van der Waals surface area contributed by atoms with E-state index in [4.69, 9.17) is 0 Å². The molecule has 0 saturated carbocycles. The highest BCUT2D eigenvalue weighted by Gasteiger charge is 2.24. The number of anilines is 1. The molecule has 0 aliphatic rings. The molecule has 3 heterocycles. The van der Waals surface area contributed by atoms with Gasteiger partial charge in [-0.2, -0.15) is 10.2 Å². The number of pyridine rings is 1.